The fraction of sp³-hybridized carbons (Fsp3) is 0.586. The minimum absolute atomic E-state index is 0.0809. The van der Waals surface area contributed by atoms with Crippen LogP contribution >= 0.6 is 0 Å². The van der Waals surface area contributed by atoms with Gasteiger partial charge in [0.05, 0.1) is 10.8 Å². The lowest BCUT2D eigenvalue weighted by atomic mass is 9.86. The molecule has 0 saturated heterocycles. The smallest absolute Gasteiger partial charge is 0.309 e. The highest BCUT2D eigenvalue weighted by Crippen LogP contribution is 2.30. The van der Waals surface area contributed by atoms with Crippen molar-refractivity contribution < 1.29 is 29.4 Å². The van der Waals surface area contributed by atoms with Crippen LogP contribution in [-0.2, 0) is 19.2 Å². The average molecular weight is 485 g/mol. The third-order valence-corrected chi connectivity index (χ3v) is 7.18. The van der Waals surface area contributed by atoms with Gasteiger partial charge < -0.3 is 10.2 Å². The third kappa shape index (κ3) is 8.15. The van der Waals surface area contributed by atoms with Crippen LogP contribution in [0.2, 0.25) is 0 Å². The van der Waals surface area contributed by atoms with E-state index in [1.165, 1.54) is 0 Å². The first-order valence-corrected chi connectivity index (χ1v) is 12.7. The van der Waals surface area contributed by atoms with Crippen molar-refractivity contribution in [1.29, 1.82) is 0 Å². The van der Waals surface area contributed by atoms with Crippen molar-refractivity contribution in [2.24, 2.45) is 10.8 Å². The van der Waals surface area contributed by atoms with Crippen LogP contribution in [0.3, 0.4) is 0 Å². The molecular formula is C29H40O6. The van der Waals surface area contributed by atoms with Crippen molar-refractivity contribution >= 4 is 23.5 Å². The molecule has 2 rings (SSSR count). The maximum atomic E-state index is 12.6. The standard InChI is InChI=1S/C29H40O6/c1-28(2,26(32)33)18-7-5-10-20-14-16-22(24(20)30)12-9-13-23-17-15-21(25(23)31)11-6-8-19-29(3,4)27(34)35/h14-17H,5-13,18-19H2,1-4H3,(H,32,33)(H,34,35). The summed E-state index contributed by atoms with van der Waals surface area (Å²) in [5.41, 5.74) is 1.67. The number of carboxylic acid groups (broad SMARTS) is 2. The maximum Gasteiger partial charge on any atom is 0.309 e. The number of rotatable bonds is 16. The summed E-state index contributed by atoms with van der Waals surface area (Å²) in [6.07, 6.45) is 15.1. The number of carbonyl (C=O) groups is 4. The zero-order valence-electron chi connectivity index (χ0n) is 21.6. The van der Waals surface area contributed by atoms with Gasteiger partial charge in [-0.2, -0.15) is 0 Å². The molecule has 0 amide bonds. The topological polar surface area (TPSA) is 109 Å². The molecule has 2 aliphatic carbocycles. The Kier molecular flexibility index (Phi) is 9.99. The van der Waals surface area contributed by atoms with E-state index in [-0.39, 0.29) is 11.6 Å². The van der Waals surface area contributed by atoms with E-state index in [0.29, 0.717) is 38.5 Å². The zero-order chi connectivity index (χ0) is 26.2. The van der Waals surface area contributed by atoms with Gasteiger partial charge in [0, 0.05) is 0 Å². The molecule has 0 saturated carbocycles. The summed E-state index contributed by atoms with van der Waals surface area (Å²) in [6, 6.07) is 0. The van der Waals surface area contributed by atoms with E-state index >= 15 is 0 Å². The molecule has 6 heteroatoms. The molecule has 6 nitrogen and oxygen atoms in total. The van der Waals surface area contributed by atoms with E-state index in [1.54, 1.807) is 27.7 Å². The highest BCUT2D eigenvalue weighted by molar-refractivity contribution is 6.12. The number of carbonyl (C=O) groups excluding carboxylic acids is 2. The SMILES string of the molecule is CC(C)(CCCCC1=CC=C(CCCC2=CC=C(CCCCC(C)(C)C(=O)O)C2=O)C1=O)C(=O)O. The summed E-state index contributed by atoms with van der Waals surface area (Å²) >= 11 is 0. The molecule has 0 heterocycles. The molecule has 0 fully saturated rings. The number of hydrogen-bond donors (Lipinski definition) is 2. The largest absolute Gasteiger partial charge is 0.481 e. The normalized spacial score (nSPS) is 16.2. The molecule has 0 unspecified atom stereocenters. The first-order valence-electron chi connectivity index (χ1n) is 12.7. The van der Waals surface area contributed by atoms with E-state index in [0.717, 1.165) is 54.4 Å². The van der Waals surface area contributed by atoms with Crippen molar-refractivity contribution in [3.05, 3.63) is 46.6 Å². The summed E-state index contributed by atoms with van der Waals surface area (Å²) in [4.78, 5) is 47.7. The predicted molar refractivity (Wildman–Crippen MR) is 136 cm³/mol. The molecule has 192 valence electrons. The Labute approximate surface area is 208 Å². The molecule has 2 N–H and O–H groups in total. The van der Waals surface area contributed by atoms with E-state index in [4.69, 9.17) is 0 Å². The Morgan fingerprint density at radius 2 is 0.857 bits per heavy atom. The molecule has 0 aromatic heterocycles. The Hall–Kier alpha value is -2.76. The van der Waals surface area contributed by atoms with Gasteiger partial charge in [-0.3, -0.25) is 19.2 Å². The average Bonchev–Trinajstić information content (AvgIpc) is 3.31. The minimum Gasteiger partial charge on any atom is -0.481 e. The zero-order valence-corrected chi connectivity index (χ0v) is 21.6. The van der Waals surface area contributed by atoms with E-state index < -0.39 is 22.8 Å². The molecule has 35 heavy (non-hydrogen) atoms. The monoisotopic (exact) mass is 484 g/mol. The van der Waals surface area contributed by atoms with Gasteiger partial charge in [-0.15, -0.1) is 0 Å². The molecule has 0 aromatic carbocycles. The predicted octanol–water partition coefficient (Wildman–Crippen LogP) is 6.37. The second-order valence-electron chi connectivity index (χ2n) is 11.1. The lowest BCUT2D eigenvalue weighted by molar-refractivity contribution is -0.148. The molecule has 0 spiro atoms. The fourth-order valence-electron chi connectivity index (χ4n) is 4.35. The van der Waals surface area contributed by atoms with Crippen molar-refractivity contribution in [3.63, 3.8) is 0 Å². The fourth-order valence-corrected chi connectivity index (χ4v) is 4.35. The first-order chi connectivity index (χ1) is 16.3. The molecule has 2 aliphatic rings. The van der Waals surface area contributed by atoms with Crippen LogP contribution in [0.5, 0.6) is 0 Å². The second kappa shape index (κ2) is 12.3. The third-order valence-electron chi connectivity index (χ3n) is 7.18. The number of allylic oxidation sites excluding steroid dienone is 8. The highest BCUT2D eigenvalue weighted by atomic mass is 16.4. The van der Waals surface area contributed by atoms with Crippen LogP contribution in [0.1, 0.15) is 98.3 Å². The van der Waals surface area contributed by atoms with Crippen LogP contribution in [0.25, 0.3) is 0 Å². The van der Waals surface area contributed by atoms with Gasteiger partial charge in [0.25, 0.3) is 0 Å². The van der Waals surface area contributed by atoms with Crippen molar-refractivity contribution in [1.82, 2.24) is 0 Å². The van der Waals surface area contributed by atoms with E-state index in [1.807, 2.05) is 24.3 Å². The molecule has 0 aliphatic heterocycles. The van der Waals surface area contributed by atoms with Gasteiger partial charge in [-0.1, -0.05) is 37.1 Å². The van der Waals surface area contributed by atoms with E-state index in [2.05, 4.69) is 0 Å². The van der Waals surface area contributed by atoms with Gasteiger partial charge in [-0.05, 0) is 108 Å². The summed E-state index contributed by atoms with van der Waals surface area (Å²) in [5, 5.41) is 18.4. The lowest BCUT2D eigenvalue weighted by Gasteiger charge is -2.18. The first kappa shape index (κ1) is 28.5. The quantitative estimate of drug-likeness (QED) is 0.246. The Morgan fingerprint density at radius 3 is 1.14 bits per heavy atom. The van der Waals surface area contributed by atoms with Gasteiger partial charge in [-0.25, -0.2) is 0 Å². The molecular weight excluding hydrogens is 444 g/mol. The van der Waals surface area contributed by atoms with Gasteiger partial charge in [0.1, 0.15) is 0 Å². The van der Waals surface area contributed by atoms with Crippen molar-refractivity contribution in [3.8, 4) is 0 Å². The van der Waals surface area contributed by atoms with Crippen molar-refractivity contribution in [2.45, 2.75) is 98.3 Å². The molecule has 0 atom stereocenters. The minimum atomic E-state index is -0.796. The second-order valence-corrected chi connectivity index (χ2v) is 11.1. The molecule has 0 bridgehead atoms. The van der Waals surface area contributed by atoms with Crippen LogP contribution < -0.4 is 0 Å². The van der Waals surface area contributed by atoms with Crippen LogP contribution in [-0.4, -0.2) is 33.7 Å². The lowest BCUT2D eigenvalue weighted by Crippen LogP contribution is -2.23. The van der Waals surface area contributed by atoms with E-state index in [9.17, 15) is 29.4 Å². The number of ketones is 2. The van der Waals surface area contributed by atoms with Gasteiger partial charge in [0.2, 0.25) is 0 Å². The summed E-state index contributed by atoms with van der Waals surface area (Å²) in [7, 11) is 0. The van der Waals surface area contributed by atoms with Crippen LogP contribution in [0.4, 0.5) is 0 Å². The summed E-state index contributed by atoms with van der Waals surface area (Å²) in [6.45, 7) is 6.89. The Balaban J connectivity index is 1.64. The number of carboxylic acids is 2. The van der Waals surface area contributed by atoms with Crippen LogP contribution in [0, 0.1) is 10.8 Å². The summed E-state index contributed by atoms with van der Waals surface area (Å²) < 4.78 is 0. The van der Waals surface area contributed by atoms with Gasteiger partial charge >= 0.3 is 11.9 Å². The molecule has 0 aromatic rings. The Morgan fingerprint density at radius 1 is 0.571 bits per heavy atom. The van der Waals surface area contributed by atoms with Crippen molar-refractivity contribution in [2.75, 3.05) is 0 Å². The number of unbranched alkanes of at least 4 members (excludes halogenated alkanes) is 2. The number of hydrogen-bond acceptors (Lipinski definition) is 4. The Bertz CT molecular complexity index is 893. The van der Waals surface area contributed by atoms with Crippen LogP contribution in [0.15, 0.2) is 46.6 Å². The number of aliphatic carboxylic acids is 2. The summed E-state index contributed by atoms with van der Waals surface area (Å²) in [5.74, 6) is -1.43. The number of Topliss-reactive ketones (excluding diaryl/α,β-unsaturated/α-hetero) is 2. The maximum absolute atomic E-state index is 12.6. The van der Waals surface area contributed by atoms with Gasteiger partial charge in [0.15, 0.2) is 11.6 Å². The molecule has 0 radical (unpaired) electrons. The highest BCUT2D eigenvalue weighted by Gasteiger charge is 2.28.